The number of carbonyl (C=O) groups excluding carboxylic acids is 1. The topological polar surface area (TPSA) is 82.6 Å². The molecular weight excluding hydrogens is 376 g/mol. The van der Waals surface area contributed by atoms with Crippen molar-refractivity contribution in [1.29, 1.82) is 0 Å². The lowest BCUT2D eigenvalue weighted by molar-refractivity contribution is 0.102. The normalized spacial score (nSPS) is 16.4. The van der Waals surface area contributed by atoms with Crippen molar-refractivity contribution < 1.29 is 13.2 Å². The number of sulfonamides is 1. The molecule has 1 amide bonds. The van der Waals surface area contributed by atoms with E-state index in [1.165, 1.54) is 28.7 Å². The Kier molecular flexibility index (Phi) is 5.57. The lowest BCUT2D eigenvalue weighted by Crippen LogP contribution is -2.47. The molecule has 1 saturated heterocycles. The molecule has 26 heavy (non-hydrogen) atoms. The number of halogens is 1. The van der Waals surface area contributed by atoms with Gasteiger partial charge in [-0.2, -0.15) is 4.31 Å². The first kappa shape index (κ1) is 18.8. The van der Waals surface area contributed by atoms with Crippen molar-refractivity contribution in [3.05, 3.63) is 53.3 Å². The summed E-state index contributed by atoms with van der Waals surface area (Å²) in [5, 5.41) is 2.78. The van der Waals surface area contributed by atoms with Crippen LogP contribution in [-0.4, -0.2) is 61.7 Å². The molecule has 3 rings (SSSR count). The van der Waals surface area contributed by atoms with E-state index in [0.29, 0.717) is 31.9 Å². The lowest BCUT2D eigenvalue weighted by atomic mass is 10.2. The molecule has 1 aromatic heterocycles. The van der Waals surface area contributed by atoms with Crippen LogP contribution in [0.1, 0.15) is 10.4 Å². The molecule has 0 atom stereocenters. The Bertz CT molecular complexity index is 897. The molecule has 7 nitrogen and oxygen atoms in total. The first-order valence-corrected chi connectivity index (χ1v) is 9.89. The zero-order chi connectivity index (χ0) is 18.7. The highest BCUT2D eigenvalue weighted by Crippen LogP contribution is 2.27. The second-order valence-electron chi connectivity index (χ2n) is 6.05. The molecule has 1 fully saturated rings. The van der Waals surface area contributed by atoms with Gasteiger partial charge in [0.25, 0.3) is 5.91 Å². The van der Waals surface area contributed by atoms with E-state index in [1.54, 1.807) is 18.3 Å². The Morgan fingerprint density at radius 1 is 1.19 bits per heavy atom. The van der Waals surface area contributed by atoms with Gasteiger partial charge in [-0.05, 0) is 37.4 Å². The second-order valence-corrected chi connectivity index (χ2v) is 8.36. The first-order valence-electron chi connectivity index (χ1n) is 8.07. The fraction of sp³-hybridized carbons (Fsp3) is 0.294. The monoisotopic (exact) mass is 394 g/mol. The number of hydrogen-bond donors (Lipinski definition) is 1. The standard InChI is InChI=1S/C17H19ClN4O3S/c1-21-7-9-22(10-8-21)26(24,25)16-11-13(4-5-15(16)18)17(23)20-14-3-2-6-19-12-14/h2-6,11-12H,7-10H2,1H3,(H,20,23). The molecule has 1 aromatic carbocycles. The van der Waals surface area contributed by atoms with E-state index in [2.05, 4.69) is 15.2 Å². The summed E-state index contributed by atoms with van der Waals surface area (Å²) in [6.07, 6.45) is 3.11. The predicted octanol–water partition coefficient (Wildman–Crippen LogP) is 1.92. The lowest BCUT2D eigenvalue weighted by Gasteiger charge is -2.31. The third kappa shape index (κ3) is 4.04. The molecule has 1 aliphatic rings. The number of carbonyl (C=O) groups is 1. The van der Waals surface area contributed by atoms with Crippen molar-refractivity contribution in [3.63, 3.8) is 0 Å². The van der Waals surface area contributed by atoms with Gasteiger partial charge in [0, 0.05) is 37.9 Å². The van der Waals surface area contributed by atoms with Crippen molar-refractivity contribution >= 4 is 33.2 Å². The fourth-order valence-electron chi connectivity index (χ4n) is 2.65. The third-order valence-electron chi connectivity index (χ3n) is 4.19. The van der Waals surface area contributed by atoms with E-state index in [1.807, 2.05) is 7.05 Å². The summed E-state index contributed by atoms with van der Waals surface area (Å²) >= 11 is 6.14. The van der Waals surface area contributed by atoms with Gasteiger partial charge in [0.2, 0.25) is 10.0 Å². The summed E-state index contributed by atoms with van der Waals surface area (Å²) in [4.78, 5) is 18.4. The molecule has 0 spiro atoms. The number of amides is 1. The fourth-order valence-corrected chi connectivity index (χ4v) is 4.57. The number of nitrogens with zero attached hydrogens (tertiary/aromatic N) is 3. The van der Waals surface area contributed by atoms with Crippen LogP contribution in [0.2, 0.25) is 5.02 Å². The Labute approximate surface area is 157 Å². The smallest absolute Gasteiger partial charge is 0.255 e. The SMILES string of the molecule is CN1CCN(S(=O)(=O)c2cc(C(=O)Nc3cccnc3)ccc2Cl)CC1. The van der Waals surface area contributed by atoms with Crippen LogP contribution in [0.4, 0.5) is 5.69 Å². The van der Waals surface area contributed by atoms with Gasteiger partial charge < -0.3 is 10.2 Å². The Hall–Kier alpha value is -2.00. The average Bonchev–Trinajstić information content (AvgIpc) is 2.63. The molecule has 0 radical (unpaired) electrons. The van der Waals surface area contributed by atoms with Crippen molar-refractivity contribution in [2.24, 2.45) is 0 Å². The summed E-state index contributed by atoms with van der Waals surface area (Å²) in [7, 11) is -1.82. The number of anilines is 1. The highest BCUT2D eigenvalue weighted by atomic mass is 35.5. The molecule has 0 saturated carbocycles. The zero-order valence-corrected chi connectivity index (χ0v) is 15.8. The van der Waals surface area contributed by atoms with Crippen LogP contribution in [0.3, 0.4) is 0 Å². The maximum Gasteiger partial charge on any atom is 0.255 e. The van der Waals surface area contributed by atoms with Crippen molar-refractivity contribution in [2.75, 3.05) is 38.5 Å². The van der Waals surface area contributed by atoms with Crippen LogP contribution in [-0.2, 0) is 10.0 Å². The highest BCUT2D eigenvalue weighted by Gasteiger charge is 2.30. The third-order valence-corrected chi connectivity index (χ3v) is 6.57. The number of pyridine rings is 1. The number of benzene rings is 1. The van der Waals surface area contributed by atoms with Crippen LogP contribution < -0.4 is 5.32 Å². The van der Waals surface area contributed by atoms with Crippen molar-refractivity contribution in [2.45, 2.75) is 4.90 Å². The molecule has 1 aliphatic heterocycles. The van der Waals surface area contributed by atoms with Gasteiger partial charge in [0.15, 0.2) is 0 Å². The van der Waals surface area contributed by atoms with Crippen LogP contribution in [0.25, 0.3) is 0 Å². The van der Waals surface area contributed by atoms with Gasteiger partial charge >= 0.3 is 0 Å². The Morgan fingerprint density at radius 3 is 2.58 bits per heavy atom. The van der Waals surface area contributed by atoms with E-state index in [4.69, 9.17) is 11.6 Å². The average molecular weight is 395 g/mol. The number of rotatable bonds is 4. The van der Waals surface area contributed by atoms with E-state index in [0.717, 1.165) is 0 Å². The van der Waals surface area contributed by atoms with E-state index in [-0.39, 0.29) is 15.5 Å². The maximum absolute atomic E-state index is 12.9. The molecule has 0 aliphatic carbocycles. The quantitative estimate of drug-likeness (QED) is 0.856. The minimum Gasteiger partial charge on any atom is -0.321 e. The number of aromatic nitrogens is 1. The van der Waals surface area contributed by atoms with Crippen molar-refractivity contribution in [1.82, 2.24) is 14.2 Å². The molecule has 2 heterocycles. The number of piperazine rings is 1. The number of likely N-dealkylation sites (N-methyl/N-ethyl adjacent to an activating group) is 1. The van der Waals surface area contributed by atoms with Crippen LogP contribution in [0.15, 0.2) is 47.6 Å². The van der Waals surface area contributed by atoms with Gasteiger partial charge in [0.1, 0.15) is 4.90 Å². The molecule has 2 aromatic rings. The molecule has 1 N–H and O–H groups in total. The van der Waals surface area contributed by atoms with Gasteiger partial charge in [-0.3, -0.25) is 9.78 Å². The molecular formula is C17H19ClN4O3S. The molecule has 0 bridgehead atoms. The van der Waals surface area contributed by atoms with Crippen LogP contribution in [0, 0.1) is 0 Å². The molecule has 0 unspecified atom stereocenters. The van der Waals surface area contributed by atoms with Crippen LogP contribution >= 0.6 is 11.6 Å². The summed E-state index contributed by atoms with van der Waals surface area (Å²) < 4.78 is 27.3. The predicted molar refractivity (Wildman–Crippen MR) is 99.9 cm³/mol. The number of nitrogens with one attached hydrogen (secondary N) is 1. The van der Waals surface area contributed by atoms with E-state index < -0.39 is 15.9 Å². The van der Waals surface area contributed by atoms with Gasteiger partial charge in [-0.1, -0.05) is 11.6 Å². The van der Waals surface area contributed by atoms with Crippen molar-refractivity contribution in [3.8, 4) is 0 Å². The maximum atomic E-state index is 12.9. The highest BCUT2D eigenvalue weighted by molar-refractivity contribution is 7.89. The summed E-state index contributed by atoms with van der Waals surface area (Å²) in [6, 6.07) is 7.64. The van der Waals surface area contributed by atoms with Gasteiger partial charge in [0.05, 0.1) is 16.9 Å². The number of hydrogen-bond acceptors (Lipinski definition) is 5. The van der Waals surface area contributed by atoms with E-state index in [9.17, 15) is 13.2 Å². The second kappa shape index (κ2) is 7.71. The first-order chi connectivity index (χ1) is 12.4. The summed E-state index contributed by atoms with van der Waals surface area (Å²) in [5.41, 5.74) is 0.738. The largest absolute Gasteiger partial charge is 0.321 e. The summed E-state index contributed by atoms with van der Waals surface area (Å²) in [6.45, 7) is 2.08. The minimum absolute atomic E-state index is 0.0532. The Morgan fingerprint density at radius 2 is 1.92 bits per heavy atom. The minimum atomic E-state index is -3.76. The zero-order valence-electron chi connectivity index (χ0n) is 14.2. The molecule has 9 heteroatoms. The van der Waals surface area contributed by atoms with Gasteiger partial charge in [-0.15, -0.1) is 0 Å². The van der Waals surface area contributed by atoms with E-state index >= 15 is 0 Å². The molecule has 138 valence electrons. The van der Waals surface area contributed by atoms with Crippen LogP contribution in [0.5, 0.6) is 0 Å². The summed E-state index contributed by atoms with van der Waals surface area (Å²) in [5.74, 6) is -0.426. The van der Waals surface area contributed by atoms with Gasteiger partial charge in [-0.25, -0.2) is 8.42 Å². The Balaban J connectivity index is 1.86.